The van der Waals surface area contributed by atoms with Gasteiger partial charge in [0, 0.05) is 10.7 Å². The number of sulfonamides is 1. The summed E-state index contributed by atoms with van der Waals surface area (Å²) in [7, 11) is -3.78. The van der Waals surface area contributed by atoms with Crippen molar-refractivity contribution in [2.45, 2.75) is 26.8 Å². The zero-order valence-electron chi connectivity index (χ0n) is 14.9. The zero-order valence-corrected chi connectivity index (χ0v) is 17.2. The molecule has 8 heteroatoms. The van der Waals surface area contributed by atoms with E-state index < -0.39 is 22.0 Å². The van der Waals surface area contributed by atoms with E-state index in [0.29, 0.717) is 10.7 Å². The Bertz CT molecular complexity index is 945. The average molecular weight is 415 g/mol. The molecule has 2 rings (SSSR count). The van der Waals surface area contributed by atoms with Crippen molar-refractivity contribution in [2.24, 2.45) is 0 Å². The molecule has 2 aromatic rings. The fraction of sp³-hybridized carbons (Fsp3) is 0.278. The first-order chi connectivity index (χ1) is 12.0. The van der Waals surface area contributed by atoms with Gasteiger partial charge in [-0.15, -0.1) is 0 Å². The molecule has 0 aliphatic heterocycles. The molecule has 1 N–H and O–H groups in total. The van der Waals surface area contributed by atoms with Gasteiger partial charge in [-0.05, 0) is 56.2 Å². The second-order valence-electron chi connectivity index (χ2n) is 6.14. The number of rotatable bonds is 5. The van der Waals surface area contributed by atoms with E-state index in [0.717, 1.165) is 21.7 Å². The molecule has 0 aliphatic rings. The van der Waals surface area contributed by atoms with Crippen LogP contribution in [0.5, 0.6) is 0 Å². The summed E-state index contributed by atoms with van der Waals surface area (Å²) in [5, 5.41) is 3.29. The van der Waals surface area contributed by atoms with Crippen molar-refractivity contribution in [3.63, 3.8) is 0 Å². The number of anilines is 2. The van der Waals surface area contributed by atoms with Crippen LogP contribution < -0.4 is 9.62 Å². The molecule has 0 bridgehead atoms. The Hall–Kier alpha value is -1.76. The number of benzene rings is 2. The van der Waals surface area contributed by atoms with E-state index in [1.165, 1.54) is 19.1 Å². The summed E-state index contributed by atoms with van der Waals surface area (Å²) < 4.78 is 25.7. The first-order valence-corrected chi connectivity index (χ1v) is 10.4. The molecular formula is C18H20Cl2N2O3S. The van der Waals surface area contributed by atoms with Crippen LogP contribution in [0.25, 0.3) is 0 Å². The van der Waals surface area contributed by atoms with Crippen LogP contribution in [0.15, 0.2) is 36.4 Å². The third-order valence-electron chi connectivity index (χ3n) is 3.89. The monoisotopic (exact) mass is 414 g/mol. The maximum atomic E-state index is 12.7. The van der Waals surface area contributed by atoms with Gasteiger partial charge in [-0.3, -0.25) is 9.10 Å². The van der Waals surface area contributed by atoms with Gasteiger partial charge in [0.1, 0.15) is 6.04 Å². The predicted molar refractivity (Wildman–Crippen MR) is 108 cm³/mol. The number of amides is 1. The number of hydrogen-bond acceptors (Lipinski definition) is 3. The number of hydrogen-bond donors (Lipinski definition) is 1. The number of carbonyl (C=O) groups is 1. The lowest BCUT2D eigenvalue weighted by molar-refractivity contribution is -0.116. The summed E-state index contributed by atoms with van der Waals surface area (Å²) in [4.78, 5) is 12.7. The van der Waals surface area contributed by atoms with Gasteiger partial charge in [0.15, 0.2) is 0 Å². The molecule has 5 nitrogen and oxygen atoms in total. The van der Waals surface area contributed by atoms with Crippen molar-refractivity contribution in [1.82, 2.24) is 0 Å². The second-order valence-corrected chi connectivity index (χ2v) is 8.84. The summed E-state index contributed by atoms with van der Waals surface area (Å²) in [6.07, 6.45) is 1.02. The molecule has 140 valence electrons. The highest BCUT2D eigenvalue weighted by Crippen LogP contribution is 2.32. The number of halogens is 2. The van der Waals surface area contributed by atoms with Gasteiger partial charge in [-0.2, -0.15) is 0 Å². The van der Waals surface area contributed by atoms with E-state index in [1.807, 2.05) is 32.0 Å². The van der Waals surface area contributed by atoms with Crippen LogP contribution >= 0.6 is 23.2 Å². The van der Waals surface area contributed by atoms with Gasteiger partial charge in [-0.1, -0.05) is 35.3 Å². The molecule has 0 unspecified atom stereocenters. The van der Waals surface area contributed by atoms with E-state index >= 15 is 0 Å². The smallest absolute Gasteiger partial charge is 0.248 e. The lowest BCUT2D eigenvalue weighted by atomic mass is 10.1. The summed E-state index contributed by atoms with van der Waals surface area (Å²) in [5.74, 6) is -0.472. The van der Waals surface area contributed by atoms with Crippen molar-refractivity contribution < 1.29 is 13.2 Å². The van der Waals surface area contributed by atoms with E-state index in [9.17, 15) is 13.2 Å². The SMILES string of the molecule is Cc1ccc(C)c(NC(=O)[C@@H](C)N(c2cc(Cl)ccc2Cl)S(C)(=O)=O)c1. The van der Waals surface area contributed by atoms with Crippen LogP contribution in [0.1, 0.15) is 18.1 Å². The number of nitrogens with zero attached hydrogens (tertiary/aromatic N) is 1. The molecule has 0 aliphatic carbocycles. The highest BCUT2D eigenvalue weighted by Gasteiger charge is 2.31. The second kappa shape index (κ2) is 7.86. The Morgan fingerprint density at radius 1 is 1.12 bits per heavy atom. The van der Waals surface area contributed by atoms with Crippen LogP contribution in [0.2, 0.25) is 10.0 Å². The minimum absolute atomic E-state index is 0.158. The standard InChI is InChI=1S/C18H20Cl2N2O3S/c1-11-5-6-12(2)16(9-11)21-18(23)13(3)22(26(4,24)25)17-10-14(19)7-8-15(17)20/h5-10,13H,1-4H3,(H,21,23)/t13-/m1/s1. The van der Waals surface area contributed by atoms with Gasteiger partial charge in [0.05, 0.1) is 17.0 Å². The lowest BCUT2D eigenvalue weighted by Gasteiger charge is -2.29. The zero-order chi connectivity index (χ0) is 19.6. The van der Waals surface area contributed by atoms with Crippen molar-refractivity contribution in [2.75, 3.05) is 15.9 Å². The molecule has 26 heavy (non-hydrogen) atoms. The van der Waals surface area contributed by atoms with Crippen LogP contribution in [-0.2, 0) is 14.8 Å². The fourth-order valence-corrected chi connectivity index (χ4v) is 4.15. The van der Waals surface area contributed by atoms with Crippen LogP contribution in [0.3, 0.4) is 0 Å². The Morgan fingerprint density at radius 2 is 1.77 bits per heavy atom. The predicted octanol–water partition coefficient (Wildman–Crippen LogP) is 4.40. The van der Waals surface area contributed by atoms with Crippen LogP contribution in [0, 0.1) is 13.8 Å². The summed E-state index contributed by atoms with van der Waals surface area (Å²) in [6, 6.07) is 9.09. The Morgan fingerprint density at radius 3 is 2.38 bits per heavy atom. The van der Waals surface area contributed by atoms with Gasteiger partial charge in [-0.25, -0.2) is 8.42 Å². The summed E-state index contributed by atoms with van der Waals surface area (Å²) >= 11 is 12.1. The number of carbonyl (C=O) groups excluding carboxylic acids is 1. The van der Waals surface area contributed by atoms with Crippen LogP contribution in [0.4, 0.5) is 11.4 Å². The van der Waals surface area contributed by atoms with Gasteiger partial charge in [0.2, 0.25) is 15.9 Å². The van der Waals surface area contributed by atoms with E-state index in [1.54, 1.807) is 6.07 Å². The Labute approximate surface area is 164 Å². The highest BCUT2D eigenvalue weighted by atomic mass is 35.5. The van der Waals surface area contributed by atoms with Crippen molar-refractivity contribution in [1.29, 1.82) is 0 Å². The molecule has 1 amide bonds. The molecule has 0 saturated heterocycles. The molecule has 2 aromatic carbocycles. The summed E-state index contributed by atoms with van der Waals surface area (Å²) in [6.45, 7) is 5.27. The third kappa shape index (κ3) is 4.69. The largest absolute Gasteiger partial charge is 0.324 e. The van der Waals surface area contributed by atoms with Gasteiger partial charge < -0.3 is 5.32 Å². The average Bonchev–Trinajstić information content (AvgIpc) is 2.53. The van der Waals surface area contributed by atoms with E-state index in [2.05, 4.69) is 5.32 Å². The van der Waals surface area contributed by atoms with E-state index in [4.69, 9.17) is 23.2 Å². The van der Waals surface area contributed by atoms with Gasteiger partial charge in [0.25, 0.3) is 0 Å². The molecule has 0 saturated carbocycles. The number of aryl methyl sites for hydroxylation is 2. The van der Waals surface area contributed by atoms with Crippen molar-refractivity contribution in [3.8, 4) is 0 Å². The Kier molecular flexibility index (Phi) is 6.21. The van der Waals surface area contributed by atoms with Crippen molar-refractivity contribution >= 4 is 50.5 Å². The van der Waals surface area contributed by atoms with E-state index in [-0.39, 0.29) is 10.7 Å². The summed E-state index contributed by atoms with van der Waals surface area (Å²) in [5.41, 5.74) is 2.65. The lowest BCUT2D eigenvalue weighted by Crippen LogP contribution is -2.45. The molecule has 0 heterocycles. The first kappa shape index (κ1) is 20.6. The van der Waals surface area contributed by atoms with Crippen LogP contribution in [-0.4, -0.2) is 26.6 Å². The molecule has 0 spiro atoms. The minimum atomic E-state index is -3.78. The van der Waals surface area contributed by atoms with Crippen molar-refractivity contribution in [3.05, 3.63) is 57.6 Å². The molecule has 0 fully saturated rings. The maximum absolute atomic E-state index is 12.7. The Balaban J connectivity index is 2.41. The van der Waals surface area contributed by atoms with Gasteiger partial charge >= 0.3 is 0 Å². The molecule has 1 atom stereocenters. The molecule has 0 aromatic heterocycles. The number of nitrogens with one attached hydrogen (secondary N) is 1. The third-order valence-corrected chi connectivity index (χ3v) is 5.67. The fourth-order valence-electron chi connectivity index (χ4n) is 2.54. The topological polar surface area (TPSA) is 66.5 Å². The highest BCUT2D eigenvalue weighted by molar-refractivity contribution is 7.92. The quantitative estimate of drug-likeness (QED) is 0.787. The maximum Gasteiger partial charge on any atom is 0.248 e. The minimum Gasteiger partial charge on any atom is -0.324 e. The normalized spacial score (nSPS) is 12.5. The first-order valence-electron chi connectivity index (χ1n) is 7.83. The molecule has 0 radical (unpaired) electrons. The molecular weight excluding hydrogens is 395 g/mol.